The molecular formula is C21H32N4. The van der Waals surface area contributed by atoms with E-state index in [1.165, 1.54) is 11.1 Å². The van der Waals surface area contributed by atoms with Gasteiger partial charge in [0.2, 0.25) is 0 Å². The summed E-state index contributed by atoms with van der Waals surface area (Å²) >= 11 is 0. The van der Waals surface area contributed by atoms with Crippen LogP contribution < -0.4 is 22.1 Å². The van der Waals surface area contributed by atoms with Gasteiger partial charge in [0.05, 0.1) is 0 Å². The summed E-state index contributed by atoms with van der Waals surface area (Å²) < 4.78 is 0. The molecule has 2 rings (SSSR count). The van der Waals surface area contributed by atoms with Crippen molar-refractivity contribution >= 4 is 0 Å². The highest BCUT2D eigenvalue weighted by atomic mass is 15.0. The van der Waals surface area contributed by atoms with Gasteiger partial charge in [0.25, 0.3) is 0 Å². The zero-order chi connectivity index (χ0) is 17.9. The molecule has 2 aromatic rings. The SMILES string of the molecule is C[C@H](N)CN[C@H](CN[C@@H](CN)Cc1ccccc1)Cc1ccccc1. The predicted octanol–water partition coefficient (Wildman–Crippen LogP) is 1.69. The molecular weight excluding hydrogens is 308 g/mol. The Morgan fingerprint density at radius 2 is 1.24 bits per heavy atom. The maximum absolute atomic E-state index is 5.98. The van der Waals surface area contributed by atoms with E-state index in [2.05, 4.69) is 65.2 Å². The smallest absolute Gasteiger partial charge is 0.0233 e. The highest BCUT2D eigenvalue weighted by Crippen LogP contribution is 2.05. The first kappa shape index (κ1) is 19.6. The molecule has 136 valence electrons. The first-order chi connectivity index (χ1) is 12.2. The summed E-state index contributed by atoms with van der Waals surface area (Å²) in [7, 11) is 0. The lowest BCUT2D eigenvalue weighted by Crippen LogP contribution is -2.49. The minimum atomic E-state index is 0.146. The molecule has 0 bridgehead atoms. The van der Waals surface area contributed by atoms with Gasteiger partial charge in [0, 0.05) is 37.8 Å². The van der Waals surface area contributed by atoms with E-state index in [1.807, 2.05) is 13.0 Å². The Morgan fingerprint density at radius 3 is 1.72 bits per heavy atom. The molecule has 3 atom stereocenters. The van der Waals surface area contributed by atoms with Crippen LogP contribution in [0.2, 0.25) is 0 Å². The Bertz CT molecular complexity index is 571. The summed E-state index contributed by atoms with van der Waals surface area (Å²) in [5.41, 5.74) is 14.5. The molecule has 4 nitrogen and oxygen atoms in total. The maximum Gasteiger partial charge on any atom is 0.0233 e. The lowest BCUT2D eigenvalue weighted by molar-refractivity contribution is 0.419. The fourth-order valence-corrected chi connectivity index (χ4v) is 2.91. The lowest BCUT2D eigenvalue weighted by atomic mass is 10.0. The first-order valence-corrected chi connectivity index (χ1v) is 9.17. The van der Waals surface area contributed by atoms with Crippen LogP contribution in [0.3, 0.4) is 0 Å². The third kappa shape index (κ3) is 7.80. The van der Waals surface area contributed by atoms with Crippen LogP contribution in [-0.2, 0) is 12.8 Å². The molecule has 0 heterocycles. The molecule has 2 aromatic carbocycles. The van der Waals surface area contributed by atoms with E-state index in [1.54, 1.807) is 0 Å². The fraction of sp³-hybridized carbons (Fsp3) is 0.429. The molecule has 0 aliphatic carbocycles. The molecule has 0 unspecified atom stereocenters. The number of nitrogens with two attached hydrogens (primary N) is 2. The van der Waals surface area contributed by atoms with Gasteiger partial charge in [-0.05, 0) is 30.9 Å². The minimum Gasteiger partial charge on any atom is -0.329 e. The van der Waals surface area contributed by atoms with Gasteiger partial charge in [-0.25, -0.2) is 0 Å². The van der Waals surface area contributed by atoms with Crippen molar-refractivity contribution in [3.8, 4) is 0 Å². The van der Waals surface area contributed by atoms with Crippen molar-refractivity contribution in [1.29, 1.82) is 0 Å². The predicted molar refractivity (Wildman–Crippen MR) is 107 cm³/mol. The Kier molecular flexibility index (Phi) is 8.63. The Labute approximate surface area is 152 Å². The Hall–Kier alpha value is -1.72. The average molecular weight is 341 g/mol. The standard InChI is InChI=1S/C21H32N4/c1-17(23)15-24-21(13-19-10-6-3-7-11-19)16-25-20(14-22)12-18-8-4-2-5-9-18/h2-11,17,20-21,24-25H,12-16,22-23H2,1H3/t17-,20+,21-/m0/s1. The molecule has 0 spiro atoms. The van der Waals surface area contributed by atoms with Crippen molar-refractivity contribution in [2.24, 2.45) is 11.5 Å². The second-order valence-electron chi connectivity index (χ2n) is 6.80. The number of rotatable bonds is 11. The molecule has 0 radical (unpaired) electrons. The third-order valence-electron chi connectivity index (χ3n) is 4.32. The van der Waals surface area contributed by atoms with E-state index >= 15 is 0 Å². The van der Waals surface area contributed by atoms with E-state index < -0.39 is 0 Å². The van der Waals surface area contributed by atoms with Gasteiger partial charge >= 0.3 is 0 Å². The van der Waals surface area contributed by atoms with Crippen molar-refractivity contribution in [2.45, 2.75) is 37.9 Å². The van der Waals surface area contributed by atoms with E-state index in [4.69, 9.17) is 11.5 Å². The molecule has 0 amide bonds. The molecule has 0 aromatic heterocycles. The van der Waals surface area contributed by atoms with Crippen LogP contribution in [-0.4, -0.2) is 37.8 Å². The summed E-state index contributed by atoms with van der Waals surface area (Å²) in [6, 6.07) is 21.8. The molecule has 0 aliphatic rings. The summed E-state index contributed by atoms with van der Waals surface area (Å²) in [5.74, 6) is 0. The second-order valence-corrected chi connectivity index (χ2v) is 6.80. The molecule has 6 N–H and O–H groups in total. The second kappa shape index (κ2) is 11.0. The summed E-state index contributed by atoms with van der Waals surface area (Å²) in [5, 5.41) is 7.22. The Morgan fingerprint density at radius 1 is 0.760 bits per heavy atom. The largest absolute Gasteiger partial charge is 0.329 e. The third-order valence-corrected chi connectivity index (χ3v) is 4.32. The van der Waals surface area contributed by atoms with Gasteiger partial charge in [0.1, 0.15) is 0 Å². The van der Waals surface area contributed by atoms with E-state index in [0.717, 1.165) is 25.9 Å². The van der Waals surface area contributed by atoms with Gasteiger partial charge in [-0.2, -0.15) is 0 Å². The molecule has 0 aliphatic heterocycles. The van der Waals surface area contributed by atoms with Gasteiger partial charge in [0.15, 0.2) is 0 Å². The van der Waals surface area contributed by atoms with Crippen LogP contribution >= 0.6 is 0 Å². The monoisotopic (exact) mass is 340 g/mol. The number of nitrogens with one attached hydrogen (secondary N) is 2. The Balaban J connectivity index is 1.89. The lowest BCUT2D eigenvalue weighted by Gasteiger charge is -2.24. The van der Waals surface area contributed by atoms with Crippen molar-refractivity contribution in [2.75, 3.05) is 19.6 Å². The molecule has 0 saturated carbocycles. The molecule has 0 fully saturated rings. The van der Waals surface area contributed by atoms with Crippen LogP contribution in [0.4, 0.5) is 0 Å². The van der Waals surface area contributed by atoms with Gasteiger partial charge < -0.3 is 22.1 Å². The van der Waals surface area contributed by atoms with Gasteiger partial charge in [-0.1, -0.05) is 60.7 Å². The number of hydrogen-bond acceptors (Lipinski definition) is 4. The van der Waals surface area contributed by atoms with Crippen molar-refractivity contribution in [1.82, 2.24) is 10.6 Å². The van der Waals surface area contributed by atoms with Gasteiger partial charge in [-0.15, -0.1) is 0 Å². The minimum absolute atomic E-state index is 0.146. The highest BCUT2D eigenvalue weighted by Gasteiger charge is 2.13. The fourth-order valence-electron chi connectivity index (χ4n) is 2.91. The molecule has 4 heteroatoms. The van der Waals surface area contributed by atoms with E-state index in [-0.39, 0.29) is 12.1 Å². The van der Waals surface area contributed by atoms with Crippen LogP contribution in [0.15, 0.2) is 60.7 Å². The maximum atomic E-state index is 5.98. The van der Waals surface area contributed by atoms with E-state index in [9.17, 15) is 0 Å². The number of hydrogen-bond donors (Lipinski definition) is 4. The quantitative estimate of drug-likeness (QED) is 0.502. The first-order valence-electron chi connectivity index (χ1n) is 9.17. The topological polar surface area (TPSA) is 76.1 Å². The highest BCUT2D eigenvalue weighted by molar-refractivity contribution is 5.17. The average Bonchev–Trinajstić information content (AvgIpc) is 2.64. The van der Waals surface area contributed by atoms with Crippen molar-refractivity contribution in [3.05, 3.63) is 71.8 Å². The summed E-state index contributed by atoms with van der Waals surface area (Å²) in [6.45, 7) is 4.33. The number of benzene rings is 2. The van der Waals surface area contributed by atoms with Crippen molar-refractivity contribution in [3.63, 3.8) is 0 Å². The van der Waals surface area contributed by atoms with Gasteiger partial charge in [-0.3, -0.25) is 0 Å². The zero-order valence-corrected chi connectivity index (χ0v) is 15.2. The molecule has 25 heavy (non-hydrogen) atoms. The van der Waals surface area contributed by atoms with Crippen molar-refractivity contribution < 1.29 is 0 Å². The normalized spacial score (nSPS) is 14.8. The van der Waals surface area contributed by atoms with Crippen LogP contribution in [0, 0.1) is 0 Å². The van der Waals surface area contributed by atoms with E-state index in [0.29, 0.717) is 12.6 Å². The zero-order valence-electron chi connectivity index (χ0n) is 15.2. The summed E-state index contributed by atoms with van der Waals surface area (Å²) in [6.07, 6.45) is 1.92. The van der Waals surface area contributed by atoms with Crippen LogP contribution in [0.25, 0.3) is 0 Å². The van der Waals surface area contributed by atoms with Crippen LogP contribution in [0.5, 0.6) is 0 Å². The molecule has 0 saturated heterocycles. The van der Waals surface area contributed by atoms with Crippen LogP contribution in [0.1, 0.15) is 18.1 Å². The summed E-state index contributed by atoms with van der Waals surface area (Å²) in [4.78, 5) is 0.